The highest BCUT2D eigenvalue weighted by Gasteiger charge is 2.13. The first-order valence-electron chi connectivity index (χ1n) is 9.33. The van der Waals surface area contributed by atoms with E-state index in [4.69, 9.17) is 0 Å². The maximum Gasteiger partial charge on any atom is 0.261 e. The van der Waals surface area contributed by atoms with Gasteiger partial charge in [0.15, 0.2) is 5.65 Å². The zero-order chi connectivity index (χ0) is 20.2. The maximum atomic E-state index is 12.4. The summed E-state index contributed by atoms with van der Waals surface area (Å²) in [5.41, 5.74) is 2.63. The molecule has 8 nitrogen and oxygen atoms in total. The third-order valence-corrected chi connectivity index (χ3v) is 5.61. The summed E-state index contributed by atoms with van der Waals surface area (Å²) >= 11 is 1.43. The van der Waals surface area contributed by atoms with Crippen LogP contribution in [-0.4, -0.2) is 44.3 Å². The first kappa shape index (κ1) is 19.0. The Morgan fingerprint density at radius 2 is 2.10 bits per heavy atom. The number of hydrogen-bond donors (Lipinski definition) is 3. The van der Waals surface area contributed by atoms with Crippen molar-refractivity contribution in [2.24, 2.45) is 0 Å². The molecule has 148 valence electrons. The largest absolute Gasteiger partial charge is 0.351 e. The lowest BCUT2D eigenvalue weighted by molar-refractivity contribution is 0.0929. The third-order valence-electron chi connectivity index (χ3n) is 4.52. The van der Waals surface area contributed by atoms with Gasteiger partial charge in [-0.3, -0.25) is 14.6 Å². The number of pyridine rings is 2. The van der Waals surface area contributed by atoms with Crippen molar-refractivity contribution in [3.05, 3.63) is 53.4 Å². The van der Waals surface area contributed by atoms with Crippen LogP contribution in [0.5, 0.6) is 0 Å². The molecule has 0 aliphatic carbocycles. The number of amides is 2. The summed E-state index contributed by atoms with van der Waals surface area (Å²) in [4.78, 5) is 40.7. The Hall–Kier alpha value is -3.33. The Balaban J connectivity index is 1.22. The highest BCUT2D eigenvalue weighted by atomic mass is 32.1. The molecular formula is C20H20N6O2S. The summed E-state index contributed by atoms with van der Waals surface area (Å²) in [5.74, 6) is -0.271. The molecule has 0 saturated carbocycles. The van der Waals surface area contributed by atoms with E-state index in [9.17, 15) is 9.59 Å². The van der Waals surface area contributed by atoms with Gasteiger partial charge in [-0.25, -0.2) is 9.97 Å². The highest BCUT2D eigenvalue weighted by molar-refractivity contribution is 7.20. The van der Waals surface area contributed by atoms with Crippen LogP contribution >= 0.6 is 11.3 Å². The van der Waals surface area contributed by atoms with Gasteiger partial charge in [-0.1, -0.05) is 0 Å². The zero-order valence-corrected chi connectivity index (χ0v) is 16.6. The summed E-state index contributed by atoms with van der Waals surface area (Å²) in [6, 6.07) is 7.33. The van der Waals surface area contributed by atoms with E-state index in [2.05, 4.69) is 30.6 Å². The number of nitrogens with one attached hydrogen (secondary N) is 3. The van der Waals surface area contributed by atoms with Crippen LogP contribution in [0, 0.1) is 0 Å². The number of nitrogens with zero attached hydrogens (tertiary/aromatic N) is 3. The van der Waals surface area contributed by atoms with Crippen LogP contribution in [0.3, 0.4) is 0 Å². The van der Waals surface area contributed by atoms with Crippen molar-refractivity contribution < 1.29 is 9.59 Å². The summed E-state index contributed by atoms with van der Waals surface area (Å²) in [6.45, 7) is 2.49. The molecule has 1 unspecified atom stereocenters. The van der Waals surface area contributed by atoms with Crippen LogP contribution in [-0.2, 0) is 0 Å². The minimum atomic E-state index is -0.177. The molecule has 0 saturated heterocycles. The van der Waals surface area contributed by atoms with Gasteiger partial charge < -0.3 is 15.6 Å². The van der Waals surface area contributed by atoms with E-state index >= 15 is 0 Å². The summed E-state index contributed by atoms with van der Waals surface area (Å²) in [5, 5.41) is 5.89. The average molecular weight is 408 g/mol. The van der Waals surface area contributed by atoms with Gasteiger partial charge in [0.2, 0.25) is 0 Å². The first-order valence-corrected chi connectivity index (χ1v) is 10.1. The number of fused-ring (bicyclic) bond motifs is 2. The van der Waals surface area contributed by atoms with Crippen LogP contribution < -0.4 is 10.6 Å². The molecule has 29 heavy (non-hydrogen) atoms. The number of thiophene rings is 1. The van der Waals surface area contributed by atoms with Crippen LogP contribution in [0.2, 0.25) is 0 Å². The molecule has 4 aromatic rings. The number of hydrogen-bond acceptors (Lipinski definition) is 6. The van der Waals surface area contributed by atoms with Crippen molar-refractivity contribution in [3.63, 3.8) is 0 Å². The third kappa shape index (κ3) is 4.40. The minimum Gasteiger partial charge on any atom is -0.351 e. The molecule has 9 heteroatoms. The fourth-order valence-electron chi connectivity index (χ4n) is 3.01. The lowest BCUT2D eigenvalue weighted by Crippen LogP contribution is -2.33. The molecule has 0 aliphatic heterocycles. The predicted octanol–water partition coefficient (Wildman–Crippen LogP) is 2.90. The molecule has 2 amide bonds. The second-order valence-electron chi connectivity index (χ2n) is 6.77. The second kappa shape index (κ2) is 8.36. The number of carbonyl (C=O) groups excluding carboxylic acids is 2. The lowest BCUT2D eigenvalue weighted by atomic mass is 10.1. The molecule has 0 aliphatic rings. The van der Waals surface area contributed by atoms with Crippen LogP contribution in [0.25, 0.3) is 21.4 Å². The molecule has 4 rings (SSSR count). The van der Waals surface area contributed by atoms with Crippen LogP contribution in [0.4, 0.5) is 0 Å². The van der Waals surface area contributed by atoms with Gasteiger partial charge in [0.25, 0.3) is 11.8 Å². The Labute approximate surface area is 170 Å². The Morgan fingerprint density at radius 1 is 1.21 bits per heavy atom. The van der Waals surface area contributed by atoms with Crippen molar-refractivity contribution in [1.82, 2.24) is 30.6 Å². The fourth-order valence-corrected chi connectivity index (χ4v) is 3.95. The summed E-state index contributed by atoms with van der Waals surface area (Å²) in [6.07, 6.45) is 6.29. The molecule has 4 heterocycles. The fraction of sp³-hybridized carbons (Fsp3) is 0.250. The standard InChI is InChI=1S/C20H20N6O2S/c1-12(26-19(27)13-8-15-18(23-10-13)25-11-24-15)4-2-7-22-20(28)17-9-14-16(29-17)5-3-6-21-14/h3,5-6,8-12H,2,4,7H2,1H3,(H,22,28)(H,26,27)(H,23,24,25). The monoisotopic (exact) mass is 408 g/mol. The van der Waals surface area contributed by atoms with E-state index in [1.807, 2.05) is 25.1 Å². The van der Waals surface area contributed by atoms with Crippen molar-refractivity contribution in [2.75, 3.05) is 6.54 Å². The number of carbonyl (C=O) groups is 2. The van der Waals surface area contributed by atoms with Gasteiger partial charge >= 0.3 is 0 Å². The quantitative estimate of drug-likeness (QED) is 0.407. The van der Waals surface area contributed by atoms with E-state index in [1.54, 1.807) is 18.6 Å². The Bertz CT molecular complexity index is 1130. The Morgan fingerprint density at radius 3 is 2.97 bits per heavy atom. The van der Waals surface area contributed by atoms with E-state index in [0.29, 0.717) is 22.6 Å². The van der Waals surface area contributed by atoms with Gasteiger partial charge in [-0.15, -0.1) is 11.3 Å². The average Bonchev–Trinajstić information content (AvgIpc) is 3.36. The van der Waals surface area contributed by atoms with Gasteiger partial charge in [-0.05, 0) is 44.0 Å². The normalized spacial score (nSPS) is 12.2. The smallest absolute Gasteiger partial charge is 0.261 e. The van der Waals surface area contributed by atoms with E-state index < -0.39 is 0 Å². The topological polar surface area (TPSA) is 113 Å². The molecule has 0 fully saturated rings. The molecule has 0 radical (unpaired) electrons. The van der Waals surface area contributed by atoms with Crippen LogP contribution in [0.15, 0.2) is 43.0 Å². The molecular weight excluding hydrogens is 388 g/mol. The number of rotatable bonds is 7. The van der Waals surface area contributed by atoms with Crippen molar-refractivity contribution in [3.8, 4) is 0 Å². The van der Waals surface area contributed by atoms with Gasteiger partial charge in [-0.2, -0.15) is 0 Å². The van der Waals surface area contributed by atoms with Gasteiger partial charge in [0, 0.05) is 25.0 Å². The van der Waals surface area contributed by atoms with Crippen molar-refractivity contribution in [1.29, 1.82) is 0 Å². The lowest BCUT2D eigenvalue weighted by Gasteiger charge is -2.14. The molecule has 0 bridgehead atoms. The van der Waals surface area contributed by atoms with Gasteiger partial charge in [0.1, 0.15) is 0 Å². The predicted molar refractivity (Wildman–Crippen MR) is 112 cm³/mol. The number of imidazole rings is 1. The first-order chi connectivity index (χ1) is 14.1. The SMILES string of the molecule is CC(CCCNC(=O)c1cc2ncccc2s1)NC(=O)c1cnc2nc[nH]c2c1. The second-order valence-corrected chi connectivity index (χ2v) is 7.85. The van der Waals surface area contributed by atoms with Crippen LogP contribution in [0.1, 0.15) is 39.8 Å². The number of H-pyrrole nitrogens is 1. The van der Waals surface area contributed by atoms with Gasteiger partial charge in [0.05, 0.1) is 32.5 Å². The summed E-state index contributed by atoms with van der Waals surface area (Å²) in [7, 11) is 0. The number of aromatic amines is 1. The number of aromatic nitrogens is 4. The molecule has 3 N–H and O–H groups in total. The Kier molecular flexibility index (Phi) is 5.48. The van der Waals surface area contributed by atoms with Crippen molar-refractivity contribution >= 4 is 44.5 Å². The molecule has 0 aromatic carbocycles. The van der Waals surface area contributed by atoms with E-state index in [1.165, 1.54) is 17.5 Å². The zero-order valence-electron chi connectivity index (χ0n) is 15.8. The molecule has 0 spiro atoms. The maximum absolute atomic E-state index is 12.4. The minimum absolute atomic E-state index is 0.0228. The summed E-state index contributed by atoms with van der Waals surface area (Å²) < 4.78 is 0.997. The van der Waals surface area contributed by atoms with E-state index in [0.717, 1.165) is 28.6 Å². The highest BCUT2D eigenvalue weighted by Crippen LogP contribution is 2.23. The molecule has 1 atom stereocenters. The molecule has 4 aromatic heterocycles. The van der Waals surface area contributed by atoms with E-state index in [-0.39, 0.29) is 17.9 Å². The van der Waals surface area contributed by atoms with Crippen molar-refractivity contribution in [2.45, 2.75) is 25.8 Å².